The molecule has 8 atom stereocenters. The number of hydrogen-bond acceptors (Lipinski definition) is 27. The standard InChI is InChI=1S/C27H37Cl2N7O2S.C26H33Cl2N7O.C25H33Cl2N7O2S.C24H27Cl2N7O/c1-17(2)39(37,38)31-9-11-34-10-5-6-20(14-34)21-15-35(16-21)25-13-30-26-18(3)33-36(27(26)32-25)19(4)23-8-7-22(28)12-24(23)29;1-16-25-26(35(32-16)17(2)22-7-6-21(27)11-23(22)28)31-24(12-30-25)34-14-20(15-34)19-5-4-9-33(13-19)10-8-29-18(3)36;1-16-24-25(34(31-16)17(2)21-7-6-20(26)11-22(21)27)30-23(12-28-24)33-14-19(15-33)18-5-4-9-32(13-18)10-8-29-37(3,35)36;1-15(19-4-3-18(25)9-20(19)26)33-24-23(21(10-27)30-33)28-11-22(29-24)32-13-17(14-32)16-5-7-31(12-16)6-2-8-34/h7-8,12-13,17,19-21,31H,5-6,9-11,14-16H2,1-4H3;6-7,11-12,17,19-20H,4-5,8-10,13-15H2,1-3H3,(H,29,36);6-7,11-12,17-19,29H,4-5,8-10,13-15H2,1-3H3;3-4,9,11,15-17,34H,2,5-8,12-14H2,1H3. The Bertz CT molecular complexity index is 6950. The van der Waals surface area contributed by atoms with Crippen molar-refractivity contribution >= 4 is 187 Å². The number of benzene rings is 4. The molecule has 20 rings (SSSR count). The van der Waals surface area contributed by atoms with Crippen molar-refractivity contribution in [2.45, 2.75) is 150 Å². The fourth-order valence-electron chi connectivity index (χ4n) is 21.7. The first-order valence-electron chi connectivity index (χ1n) is 50.7. The van der Waals surface area contributed by atoms with Crippen LogP contribution in [0.5, 0.6) is 0 Å². The van der Waals surface area contributed by atoms with Crippen LogP contribution in [0, 0.1) is 79.4 Å². The molecule has 0 spiro atoms. The molecule has 16 heterocycles. The molecule has 34 nitrogen and oxygen atoms in total. The number of fused-ring (bicyclic) bond motifs is 4. The summed E-state index contributed by atoms with van der Waals surface area (Å²) in [7, 11) is -6.36. The maximum atomic E-state index is 12.0. The van der Waals surface area contributed by atoms with Gasteiger partial charge in [-0.05, 0) is 258 Å². The quantitative estimate of drug-likeness (QED) is 0.0313. The number of amides is 1. The smallest absolute Gasteiger partial charge is 0.216 e. The maximum Gasteiger partial charge on any atom is 0.216 e. The van der Waals surface area contributed by atoms with E-state index < -0.39 is 25.3 Å². The predicted molar refractivity (Wildman–Crippen MR) is 581 cm³/mol. The van der Waals surface area contributed by atoms with Gasteiger partial charge < -0.3 is 49.6 Å². The summed E-state index contributed by atoms with van der Waals surface area (Å²) in [5.41, 5.74) is 12.2. The number of likely N-dealkylation sites (tertiary alicyclic amines) is 4. The average molecular weight is 2190 g/mol. The number of anilines is 4. The highest BCUT2D eigenvalue weighted by Crippen LogP contribution is 2.43. The summed E-state index contributed by atoms with van der Waals surface area (Å²) >= 11 is 50.3. The van der Waals surface area contributed by atoms with Gasteiger partial charge in [0.05, 0.1) is 77.5 Å². The summed E-state index contributed by atoms with van der Waals surface area (Å²) in [4.78, 5) is 68.6. The Morgan fingerprint density at radius 1 is 0.411 bits per heavy atom. The van der Waals surface area contributed by atoms with Crippen molar-refractivity contribution in [1.29, 1.82) is 5.26 Å². The molecule has 782 valence electrons. The van der Waals surface area contributed by atoms with Crippen LogP contribution in [0.4, 0.5) is 23.3 Å². The first kappa shape index (κ1) is 108. The van der Waals surface area contributed by atoms with Crippen LogP contribution in [-0.2, 0) is 24.8 Å². The fourth-order valence-corrected chi connectivity index (χ4v) is 25.2. The second kappa shape index (κ2) is 47.4. The van der Waals surface area contributed by atoms with Gasteiger partial charge in [-0.1, -0.05) is 117 Å². The number of aliphatic hydroxyl groups is 1. The molecule has 0 radical (unpaired) electrons. The van der Waals surface area contributed by atoms with Gasteiger partial charge in [-0.25, -0.2) is 84.9 Å². The maximum absolute atomic E-state index is 12.0. The first-order chi connectivity index (χ1) is 69.9. The van der Waals surface area contributed by atoms with E-state index in [9.17, 15) is 26.9 Å². The van der Waals surface area contributed by atoms with Crippen LogP contribution < -0.4 is 34.4 Å². The number of halogens is 8. The lowest BCUT2D eigenvalue weighted by Gasteiger charge is -2.47. The topological polar surface area (TPSA) is 366 Å². The third kappa shape index (κ3) is 25.3. The average Bonchev–Trinajstić information content (AvgIpc) is 1.68. The number of sulfonamides is 2. The molecule has 0 saturated carbocycles. The Kier molecular flexibility index (Phi) is 35.2. The van der Waals surface area contributed by atoms with Crippen LogP contribution in [0.15, 0.2) is 97.6 Å². The number of carbonyl (C=O) groups is 1. The van der Waals surface area contributed by atoms with Crippen LogP contribution in [0.2, 0.25) is 40.2 Å². The molecule has 1 amide bonds. The van der Waals surface area contributed by atoms with Crippen molar-refractivity contribution in [3.63, 3.8) is 0 Å². The molecule has 12 aromatic rings. The third-order valence-corrected chi connectivity index (χ3v) is 35.2. The fraction of sp³-hybridized carbons (Fsp3) is 0.549. The number of nitrogens with zero attached hydrogens (tertiary/aromatic N) is 25. The van der Waals surface area contributed by atoms with Crippen LogP contribution in [0.1, 0.15) is 169 Å². The number of hydrogen-bond donors (Lipinski definition) is 4. The molecule has 8 unspecified atom stereocenters. The van der Waals surface area contributed by atoms with E-state index >= 15 is 0 Å². The highest BCUT2D eigenvalue weighted by molar-refractivity contribution is 7.90. The molecular formula is C102H130Cl8N28O6S2. The van der Waals surface area contributed by atoms with E-state index in [4.69, 9.17) is 148 Å². The summed E-state index contributed by atoms with van der Waals surface area (Å²) in [6, 6.07) is 23.5. The second-order valence-electron chi connectivity index (χ2n) is 40.8. The molecule has 0 aliphatic carbocycles. The minimum Gasteiger partial charge on any atom is -0.396 e. The molecule has 8 aromatic heterocycles. The SMILES string of the molecule is CC(=O)NCCN1CCCC(C2CN(c3cnc4c(C)nn(C(C)c5ccc(Cl)cc5Cl)c4n3)C2)C1.CC(c1ccc(Cl)cc1Cl)n1nc(C#N)c2ncc(N3CC(C4CCN(CCCO)C4)C3)nc21.Cc1nn(C(C)c2ccc(Cl)cc2Cl)c2nc(N3CC(C4CCCN(CCNS(=O)(=O)C(C)C)C4)C3)cnc12.Cc1nn(C(C)c2ccc(Cl)cc2Cl)c2nc(N3CC(C4CCCN(CCNS(C)(=O)=O)C4)C3)cnc12. The lowest BCUT2D eigenvalue weighted by molar-refractivity contribution is -0.119. The zero-order valence-electron chi connectivity index (χ0n) is 84.4. The summed E-state index contributed by atoms with van der Waals surface area (Å²) in [5.74, 6) is 8.55. The van der Waals surface area contributed by atoms with Gasteiger partial charge in [0.2, 0.25) is 26.0 Å². The van der Waals surface area contributed by atoms with E-state index in [2.05, 4.69) is 90.9 Å². The molecule has 4 aromatic carbocycles. The van der Waals surface area contributed by atoms with Crippen LogP contribution in [0.25, 0.3) is 44.7 Å². The van der Waals surface area contributed by atoms with E-state index in [-0.39, 0.29) is 42.4 Å². The molecule has 44 heteroatoms. The van der Waals surface area contributed by atoms with Crippen molar-refractivity contribution in [3.05, 3.63) is 183 Å². The molecule has 146 heavy (non-hydrogen) atoms. The molecule has 8 saturated heterocycles. The summed E-state index contributed by atoms with van der Waals surface area (Å²) in [5, 5.41) is 44.7. The van der Waals surface area contributed by atoms with E-state index in [1.807, 2.05) is 103 Å². The number of aryl methyl sites for hydroxylation is 3. The normalized spacial score (nSPS) is 20.1. The van der Waals surface area contributed by atoms with E-state index in [0.717, 1.165) is 253 Å². The number of aromatic nitrogens is 16. The molecule has 8 aliphatic rings. The van der Waals surface area contributed by atoms with Crippen molar-refractivity contribution in [3.8, 4) is 6.07 Å². The summed E-state index contributed by atoms with van der Waals surface area (Å²) in [6.45, 7) is 40.5. The van der Waals surface area contributed by atoms with Gasteiger partial charge in [-0.3, -0.25) is 4.79 Å². The van der Waals surface area contributed by atoms with Gasteiger partial charge in [0, 0.05) is 178 Å². The van der Waals surface area contributed by atoms with Gasteiger partial charge in [-0.2, -0.15) is 25.7 Å². The first-order valence-corrected chi connectivity index (χ1v) is 57.1. The molecule has 8 aliphatic heterocycles. The Balaban J connectivity index is 0.000000133. The number of carbonyl (C=O) groups excluding carboxylic acids is 1. The number of aliphatic hydroxyl groups excluding tert-OH is 1. The van der Waals surface area contributed by atoms with Crippen molar-refractivity contribution < 1.29 is 26.7 Å². The minimum absolute atomic E-state index is 0.0402. The molecular weight excluding hydrogens is 2060 g/mol. The zero-order valence-corrected chi connectivity index (χ0v) is 92.1. The van der Waals surface area contributed by atoms with Gasteiger partial charge >= 0.3 is 0 Å². The van der Waals surface area contributed by atoms with Crippen LogP contribution in [0.3, 0.4) is 0 Å². The monoisotopic (exact) mass is 2190 g/mol. The zero-order chi connectivity index (χ0) is 103. The molecule has 8 fully saturated rings. The largest absolute Gasteiger partial charge is 0.396 e. The van der Waals surface area contributed by atoms with Crippen LogP contribution >= 0.6 is 92.8 Å². The lowest BCUT2D eigenvalue weighted by atomic mass is 9.80. The number of piperidine rings is 3. The van der Waals surface area contributed by atoms with E-state index in [1.165, 1.54) is 38.4 Å². The van der Waals surface area contributed by atoms with Gasteiger partial charge in [0.15, 0.2) is 28.3 Å². The Morgan fingerprint density at radius 3 is 1.02 bits per heavy atom. The third-order valence-electron chi connectivity index (χ3n) is 30.4. The highest BCUT2D eigenvalue weighted by Gasteiger charge is 2.43. The van der Waals surface area contributed by atoms with Crippen molar-refractivity contribution in [2.75, 3.05) is 183 Å². The minimum atomic E-state index is -3.22. The second-order valence-corrected chi connectivity index (χ2v) is 48.3. The number of rotatable bonds is 31. The summed E-state index contributed by atoms with van der Waals surface area (Å²) < 4.78 is 59.6. The lowest BCUT2D eigenvalue weighted by Crippen LogP contribution is -2.54. The van der Waals surface area contributed by atoms with Gasteiger partial charge in [0.25, 0.3) is 0 Å². The Labute approximate surface area is 894 Å². The Hall–Kier alpha value is -8.82. The molecule has 0 bridgehead atoms. The summed E-state index contributed by atoms with van der Waals surface area (Å²) in [6.07, 6.45) is 17.8. The van der Waals surface area contributed by atoms with E-state index in [1.54, 1.807) is 62.0 Å². The van der Waals surface area contributed by atoms with Gasteiger partial charge in [-0.15, -0.1) is 0 Å². The predicted octanol–water partition coefficient (Wildman–Crippen LogP) is 16.4. The number of nitrogens with one attached hydrogen (secondary N) is 3. The van der Waals surface area contributed by atoms with Crippen molar-refractivity contribution in [1.82, 2.24) is 113 Å². The molecule has 4 N–H and O–H groups in total. The van der Waals surface area contributed by atoms with Crippen LogP contribution in [-0.4, -0.2) is 295 Å². The highest BCUT2D eigenvalue weighted by atomic mass is 35.5. The number of nitriles is 1. The van der Waals surface area contributed by atoms with Crippen molar-refractivity contribution in [2.24, 2.45) is 47.3 Å². The van der Waals surface area contributed by atoms with Gasteiger partial charge in [0.1, 0.15) is 51.4 Å². The van der Waals surface area contributed by atoms with E-state index in [0.29, 0.717) is 112 Å². The Morgan fingerprint density at radius 2 is 0.712 bits per heavy atom.